The van der Waals surface area contributed by atoms with Gasteiger partial charge in [-0.25, -0.2) is 13.8 Å². The van der Waals surface area contributed by atoms with Crippen molar-refractivity contribution in [3.05, 3.63) is 54.4 Å². The number of halogens is 2. The lowest BCUT2D eigenvalue weighted by Gasteiger charge is -2.05. The zero-order chi connectivity index (χ0) is 14.8. The highest BCUT2D eigenvalue weighted by Crippen LogP contribution is 2.40. The van der Waals surface area contributed by atoms with Crippen LogP contribution in [0.15, 0.2) is 42.7 Å². The number of hydrogen-bond acceptors (Lipinski definition) is 4. The fourth-order valence-corrected chi connectivity index (χ4v) is 2.95. The molecule has 0 aliphatic heterocycles. The fraction of sp³-hybridized carbons (Fsp3) is 0.0667. The van der Waals surface area contributed by atoms with Gasteiger partial charge in [0.15, 0.2) is 5.13 Å². The highest BCUT2D eigenvalue weighted by molar-refractivity contribution is 7.19. The molecule has 0 atom stereocenters. The molecular weight excluding hydrogens is 292 g/mol. The van der Waals surface area contributed by atoms with Crippen molar-refractivity contribution in [3.63, 3.8) is 0 Å². The van der Waals surface area contributed by atoms with Gasteiger partial charge in [0.1, 0.15) is 11.6 Å². The van der Waals surface area contributed by atoms with Crippen molar-refractivity contribution in [2.45, 2.75) is 0 Å². The molecule has 0 radical (unpaired) electrons. The first-order valence-corrected chi connectivity index (χ1v) is 7.05. The van der Waals surface area contributed by atoms with E-state index in [0.29, 0.717) is 15.7 Å². The maximum atomic E-state index is 14.0. The number of pyridine rings is 1. The molecule has 0 bridgehead atoms. The van der Waals surface area contributed by atoms with Crippen LogP contribution in [0.3, 0.4) is 0 Å². The molecule has 2 aromatic heterocycles. The van der Waals surface area contributed by atoms with Gasteiger partial charge >= 0.3 is 0 Å². The third kappa shape index (κ3) is 2.50. The summed E-state index contributed by atoms with van der Waals surface area (Å²) in [5.74, 6) is -1.25. The zero-order valence-corrected chi connectivity index (χ0v) is 11.9. The Hall–Kier alpha value is -2.34. The van der Waals surface area contributed by atoms with E-state index in [4.69, 9.17) is 0 Å². The van der Waals surface area contributed by atoms with Crippen LogP contribution in [0.2, 0.25) is 0 Å². The molecule has 2 heterocycles. The fourth-order valence-electron chi connectivity index (χ4n) is 2.02. The standard InChI is InChI=1S/C15H11F2N3S/c1-18-15-20-13(12-10(16)3-2-4-11(12)17)14(21-15)9-5-7-19-8-6-9/h2-8H,1H3,(H,18,20). The van der Waals surface area contributed by atoms with Crippen molar-refractivity contribution in [3.8, 4) is 21.7 Å². The molecule has 21 heavy (non-hydrogen) atoms. The van der Waals surface area contributed by atoms with Gasteiger partial charge in [-0.05, 0) is 29.8 Å². The molecule has 0 aliphatic carbocycles. The van der Waals surface area contributed by atoms with Crippen LogP contribution in [0.5, 0.6) is 0 Å². The Bertz CT molecular complexity index is 752. The van der Waals surface area contributed by atoms with Crippen molar-refractivity contribution in [2.75, 3.05) is 12.4 Å². The number of rotatable bonds is 3. The molecule has 0 saturated carbocycles. The molecule has 1 N–H and O–H groups in total. The van der Waals surface area contributed by atoms with E-state index >= 15 is 0 Å². The molecule has 3 rings (SSSR count). The predicted octanol–water partition coefficient (Wildman–Crippen LogP) is 4.19. The minimum absolute atomic E-state index is 0.109. The van der Waals surface area contributed by atoms with Gasteiger partial charge in [0.05, 0.1) is 16.1 Å². The van der Waals surface area contributed by atoms with Crippen molar-refractivity contribution >= 4 is 16.5 Å². The molecule has 3 nitrogen and oxygen atoms in total. The van der Waals surface area contributed by atoms with E-state index < -0.39 is 11.6 Å². The first kappa shape index (κ1) is 13.6. The highest BCUT2D eigenvalue weighted by Gasteiger charge is 2.20. The van der Waals surface area contributed by atoms with Gasteiger partial charge in [-0.2, -0.15) is 0 Å². The van der Waals surface area contributed by atoms with Gasteiger partial charge in [0, 0.05) is 19.4 Å². The van der Waals surface area contributed by atoms with Crippen LogP contribution in [-0.2, 0) is 0 Å². The molecule has 3 aromatic rings. The van der Waals surface area contributed by atoms with Gasteiger partial charge in [0.2, 0.25) is 0 Å². The molecule has 0 unspecified atom stereocenters. The Morgan fingerprint density at radius 1 is 1.05 bits per heavy atom. The van der Waals surface area contributed by atoms with E-state index in [2.05, 4.69) is 15.3 Å². The minimum Gasteiger partial charge on any atom is -0.365 e. The third-order valence-corrected chi connectivity index (χ3v) is 4.11. The van der Waals surface area contributed by atoms with E-state index in [1.54, 1.807) is 31.6 Å². The number of nitrogens with one attached hydrogen (secondary N) is 1. The monoisotopic (exact) mass is 303 g/mol. The van der Waals surface area contributed by atoms with Gasteiger partial charge in [-0.15, -0.1) is 0 Å². The SMILES string of the molecule is CNc1nc(-c2c(F)cccc2F)c(-c2ccncc2)s1. The Morgan fingerprint density at radius 2 is 1.71 bits per heavy atom. The van der Waals surface area contributed by atoms with Crippen LogP contribution < -0.4 is 5.32 Å². The number of thiazole rings is 1. The van der Waals surface area contributed by atoms with E-state index in [-0.39, 0.29) is 5.56 Å². The Morgan fingerprint density at radius 3 is 2.33 bits per heavy atom. The highest BCUT2D eigenvalue weighted by atomic mass is 32.1. The molecule has 0 aliphatic rings. The quantitative estimate of drug-likeness (QED) is 0.788. The summed E-state index contributed by atoms with van der Waals surface area (Å²) in [6, 6.07) is 7.37. The average molecular weight is 303 g/mol. The number of anilines is 1. The maximum Gasteiger partial charge on any atom is 0.183 e. The second kappa shape index (κ2) is 5.57. The van der Waals surface area contributed by atoms with Gasteiger partial charge in [-0.1, -0.05) is 17.4 Å². The minimum atomic E-state index is -0.627. The summed E-state index contributed by atoms with van der Waals surface area (Å²) in [6.45, 7) is 0. The Labute approximate surface area is 124 Å². The summed E-state index contributed by atoms with van der Waals surface area (Å²) in [7, 11) is 1.72. The molecule has 0 fully saturated rings. The van der Waals surface area contributed by atoms with Crippen LogP contribution >= 0.6 is 11.3 Å². The smallest absolute Gasteiger partial charge is 0.183 e. The van der Waals surface area contributed by atoms with Crippen LogP contribution in [0, 0.1) is 11.6 Å². The number of aromatic nitrogens is 2. The number of nitrogens with zero attached hydrogens (tertiary/aromatic N) is 2. The number of benzene rings is 1. The molecule has 0 spiro atoms. The second-order valence-electron chi connectivity index (χ2n) is 4.28. The maximum absolute atomic E-state index is 14.0. The lowest BCUT2D eigenvalue weighted by atomic mass is 10.1. The van der Waals surface area contributed by atoms with Crippen molar-refractivity contribution < 1.29 is 8.78 Å². The number of hydrogen-bond donors (Lipinski definition) is 1. The first-order valence-electron chi connectivity index (χ1n) is 6.24. The Balaban J connectivity index is 2.26. The molecule has 1 aromatic carbocycles. The van der Waals surface area contributed by atoms with Gasteiger partial charge in [-0.3, -0.25) is 4.98 Å². The summed E-state index contributed by atoms with van der Waals surface area (Å²) in [5.41, 5.74) is 1.01. The predicted molar refractivity (Wildman–Crippen MR) is 80.2 cm³/mol. The van der Waals surface area contributed by atoms with Crippen molar-refractivity contribution in [1.82, 2.24) is 9.97 Å². The molecule has 0 amide bonds. The molecule has 0 saturated heterocycles. The average Bonchev–Trinajstić information content (AvgIpc) is 2.92. The molecule has 106 valence electrons. The molecule has 6 heteroatoms. The van der Waals surface area contributed by atoms with Crippen LogP contribution in [0.1, 0.15) is 0 Å². The van der Waals surface area contributed by atoms with E-state index in [9.17, 15) is 8.78 Å². The normalized spacial score (nSPS) is 10.6. The lowest BCUT2D eigenvalue weighted by Crippen LogP contribution is -1.92. The van der Waals surface area contributed by atoms with Gasteiger partial charge < -0.3 is 5.32 Å². The zero-order valence-electron chi connectivity index (χ0n) is 11.1. The summed E-state index contributed by atoms with van der Waals surface area (Å²) in [5, 5.41) is 3.51. The molecular formula is C15H11F2N3S. The van der Waals surface area contributed by atoms with Crippen molar-refractivity contribution in [1.29, 1.82) is 0 Å². The first-order chi connectivity index (χ1) is 10.2. The third-order valence-electron chi connectivity index (χ3n) is 2.98. The topological polar surface area (TPSA) is 37.8 Å². The van der Waals surface area contributed by atoms with Crippen LogP contribution in [-0.4, -0.2) is 17.0 Å². The summed E-state index contributed by atoms with van der Waals surface area (Å²) in [6.07, 6.45) is 3.27. The van der Waals surface area contributed by atoms with E-state index in [0.717, 1.165) is 5.56 Å². The van der Waals surface area contributed by atoms with Crippen LogP contribution in [0.25, 0.3) is 21.7 Å². The second-order valence-corrected chi connectivity index (χ2v) is 5.28. The van der Waals surface area contributed by atoms with Crippen LogP contribution in [0.4, 0.5) is 13.9 Å². The van der Waals surface area contributed by atoms with E-state index in [1.807, 2.05) is 0 Å². The Kier molecular flexibility index (Phi) is 3.62. The van der Waals surface area contributed by atoms with E-state index in [1.165, 1.54) is 29.5 Å². The largest absolute Gasteiger partial charge is 0.365 e. The van der Waals surface area contributed by atoms with Gasteiger partial charge in [0.25, 0.3) is 0 Å². The summed E-state index contributed by atoms with van der Waals surface area (Å²) >= 11 is 1.34. The summed E-state index contributed by atoms with van der Waals surface area (Å²) in [4.78, 5) is 8.96. The summed E-state index contributed by atoms with van der Waals surface area (Å²) < 4.78 is 28.1. The lowest BCUT2D eigenvalue weighted by molar-refractivity contribution is 0.589. The van der Waals surface area contributed by atoms with Crippen molar-refractivity contribution in [2.24, 2.45) is 0 Å².